The number of amides is 2. The first kappa shape index (κ1) is 15.8. The molecule has 0 N–H and O–H groups in total. The first-order valence-electron chi connectivity index (χ1n) is 7.13. The second-order valence-electron chi connectivity index (χ2n) is 5.02. The van der Waals surface area contributed by atoms with Gasteiger partial charge in [-0.1, -0.05) is 36.1 Å². The zero-order valence-corrected chi connectivity index (χ0v) is 14.4. The molecule has 0 saturated carbocycles. The van der Waals surface area contributed by atoms with Crippen molar-refractivity contribution in [2.45, 2.75) is 0 Å². The molecule has 1 saturated heterocycles. The van der Waals surface area contributed by atoms with Crippen molar-refractivity contribution in [1.29, 1.82) is 0 Å². The first-order chi connectivity index (χ1) is 10.7. The fourth-order valence-corrected chi connectivity index (χ4v) is 4.65. The van der Waals surface area contributed by atoms with Crippen molar-refractivity contribution in [2.75, 3.05) is 36.9 Å². The van der Waals surface area contributed by atoms with Gasteiger partial charge in [0, 0.05) is 36.9 Å². The predicted molar refractivity (Wildman–Crippen MR) is 95.8 cm³/mol. The summed E-state index contributed by atoms with van der Waals surface area (Å²) < 4.78 is 0.872. The zero-order valence-electron chi connectivity index (χ0n) is 12.0. The van der Waals surface area contributed by atoms with Gasteiger partial charge in [-0.2, -0.15) is 11.8 Å². The number of rotatable bonds is 3. The second-order valence-corrected chi connectivity index (χ2v) is 7.97. The van der Waals surface area contributed by atoms with Crippen LogP contribution < -0.4 is 0 Å². The average Bonchev–Trinajstić information content (AvgIpc) is 2.81. The first-order valence-corrected chi connectivity index (χ1v) is 9.68. The minimum atomic E-state index is -0.193. The number of thiocarbonyl (C=S) groups is 1. The highest BCUT2D eigenvalue weighted by Gasteiger charge is 2.34. The van der Waals surface area contributed by atoms with Crippen LogP contribution in [0, 0.1) is 0 Å². The van der Waals surface area contributed by atoms with Gasteiger partial charge in [0.15, 0.2) is 0 Å². The molecule has 3 rings (SSSR count). The molecular weight excluding hydrogens is 336 g/mol. The molecule has 1 aromatic rings. The number of imide groups is 1. The summed E-state index contributed by atoms with van der Waals surface area (Å²) in [4.78, 5) is 28.0. The van der Waals surface area contributed by atoms with Crippen LogP contribution in [-0.2, 0) is 0 Å². The summed E-state index contributed by atoms with van der Waals surface area (Å²) in [7, 11) is 0. The Labute approximate surface area is 143 Å². The predicted octanol–water partition coefficient (Wildman–Crippen LogP) is 2.35. The van der Waals surface area contributed by atoms with Gasteiger partial charge < -0.3 is 4.90 Å². The molecule has 22 heavy (non-hydrogen) atoms. The molecule has 0 atom stereocenters. The highest BCUT2D eigenvalue weighted by Crippen LogP contribution is 2.23. The quantitative estimate of drug-likeness (QED) is 0.614. The van der Waals surface area contributed by atoms with Crippen LogP contribution in [-0.4, -0.2) is 62.8 Å². The van der Waals surface area contributed by atoms with Gasteiger partial charge in [0.1, 0.15) is 4.32 Å². The summed E-state index contributed by atoms with van der Waals surface area (Å²) in [6.07, 6.45) is 0. The van der Waals surface area contributed by atoms with Crippen molar-refractivity contribution in [3.63, 3.8) is 0 Å². The molecule has 116 valence electrons. The number of benzene rings is 1. The zero-order chi connectivity index (χ0) is 15.5. The van der Waals surface area contributed by atoms with Gasteiger partial charge in [-0.15, -0.1) is 0 Å². The molecule has 2 aliphatic heterocycles. The van der Waals surface area contributed by atoms with E-state index < -0.39 is 0 Å². The lowest BCUT2D eigenvalue weighted by Crippen LogP contribution is -2.36. The number of carbonyl (C=O) groups is 2. The van der Waals surface area contributed by atoms with E-state index in [0.717, 1.165) is 28.9 Å². The van der Waals surface area contributed by atoms with Crippen molar-refractivity contribution in [3.8, 4) is 0 Å². The molecule has 4 nitrogen and oxygen atoms in total. The molecule has 0 aliphatic carbocycles. The Bertz CT molecular complexity index is 580. The molecule has 7 heteroatoms. The normalized spacial score (nSPS) is 17.8. The lowest BCUT2D eigenvalue weighted by atomic mass is 10.1. The minimum Gasteiger partial charge on any atom is -0.356 e. The van der Waals surface area contributed by atoms with Crippen LogP contribution in [0.4, 0.5) is 0 Å². The molecule has 2 heterocycles. The molecule has 1 aromatic carbocycles. The van der Waals surface area contributed by atoms with Gasteiger partial charge in [0.05, 0.1) is 11.1 Å². The molecule has 0 spiro atoms. The fraction of sp³-hybridized carbons (Fsp3) is 0.400. The Morgan fingerprint density at radius 1 is 1.14 bits per heavy atom. The SMILES string of the molecule is O=C1c2ccccc2C(=O)N1CCSC(=S)N1CCSCC1. The summed E-state index contributed by atoms with van der Waals surface area (Å²) in [5.41, 5.74) is 1.02. The van der Waals surface area contributed by atoms with E-state index >= 15 is 0 Å². The molecule has 0 radical (unpaired) electrons. The van der Waals surface area contributed by atoms with Gasteiger partial charge in [0.2, 0.25) is 0 Å². The lowest BCUT2D eigenvalue weighted by molar-refractivity contribution is 0.0664. The number of thioether (sulfide) groups is 2. The van der Waals surface area contributed by atoms with Crippen LogP contribution in [0.2, 0.25) is 0 Å². The monoisotopic (exact) mass is 352 g/mol. The number of carbonyl (C=O) groups excluding carboxylic acids is 2. The van der Waals surface area contributed by atoms with Crippen LogP contribution in [0.3, 0.4) is 0 Å². The largest absolute Gasteiger partial charge is 0.356 e. The highest BCUT2D eigenvalue weighted by atomic mass is 32.2. The maximum atomic E-state index is 12.2. The van der Waals surface area contributed by atoms with E-state index in [0.29, 0.717) is 23.4 Å². The smallest absolute Gasteiger partial charge is 0.261 e. The maximum absolute atomic E-state index is 12.2. The Morgan fingerprint density at radius 2 is 1.73 bits per heavy atom. The van der Waals surface area contributed by atoms with Crippen molar-refractivity contribution in [1.82, 2.24) is 9.80 Å². The van der Waals surface area contributed by atoms with Gasteiger partial charge in [-0.3, -0.25) is 14.5 Å². The Hall–Kier alpha value is -1.05. The van der Waals surface area contributed by atoms with Crippen molar-refractivity contribution < 1.29 is 9.59 Å². The molecule has 1 fully saturated rings. The van der Waals surface area contributed by atoms with E-state index in [1.165, 1.54) is 4.90 Å². The van der Waals surface area contributed by atoms with E-state index in [1.54, 1.807) is 36.0 Å². The third-order valence-corrected chi connectivity index (χ3v) is 6.13. The van der Waals surface area contributed by atoms with E-state index in [-0.39, 0.29) is 11.8 Å². The number of fused-ring (bicyclic) bond motifs is 1. The van der Waals surface area contributed by atoms with Crippen LogP contribution in [0.15, 0.2) is 24.3 Å². The fourth-order valence-electron chi connectivity index (χ4n) is 2.50. The van der Waals surface area contributed by atoms with Crippen molar-refractivity contribution in [2.24, 2.45) is 0 Å². The number of hydrogen-bond donors (Lipinski definition) is 0. The Balaban J connectivity index is 1.53. The second kappa shape index (κ2) is 7.02. The van der Waals surface area contributed by atoms with E-state index in [1.807, 2.05) is 11.8 Å². The molecule has 0 aromatic heterocycles. The number of hydrogen-bond acceptors (Lipinski definition) is 5. The lowest BCUT2D eigenvalue weighted by Gasteiger charge is -2.28. The van der Waals surface area contributed by atoms with Crippen molar-refractivity contribution in [3.05, 3.63) is 35.4 Å². The molecule has 0 bridgehead atoms. The summed E-state index contributed by atoms with van der Waals surface area (Å²) in [6, 6.07) is 6.98. The Kier molecular flexibility index (Phi) is 5.05. The maximum Gasteiger partial charge on any atom is 0.261 e. The molecule has 2 aliphatic rings. The van der Waals surface area contributed by atoms with Crippen LogP contribution >= 0.6 is 35.7 Å². The standard InChI is InChI=1S/C15H16N2O2S3/c18-13-11-3-1-2-4-12(11)14(19)17(13)7-10-22-15(20)16-5-8-21-9-6-16/h1-4H,5-10H2. The third kappa shape index (κ3) is 3.16. The van der Waals surface area contributed by atoms with Gasteiger partial charge in [-0.05, 0) is 12.1 Å². The minimum absolute atomic E-state index is 0.193. The van der Waals surface area contributed by atoms with Crippen LogP contribution in [0.5, 0.6) is 0 Å². The van der Waals surface area contributed by atoms with Gasteiger partial charge >= 0.3 is 0 Å². The summed E-state index contributed by atoms with van der Waals surface area (Å²) in [5, 5.41) is 0. The van der Waals surface area contributed by atoms with Crippen molar-refractivity contribution >= 4 is 51.9 Å². The molecule has 2 amide bonds. The Morgan fingerprint density at radius 3 is 2.32 bits per heavy atom. The van der Waals surface area contributed by atoms with E-state index in [4.69, 9.17) is 12.2 Å². The summed E-state index contributed by atoms with van der Waals surface area (Å²) >= 11 is 8.93. The summed E-state index contributed by atoms with van der Waals surface area (Å²) in [5.74, 6) is 2.48. The molecular formula is C15H16N2O2S3. The van der Waals surface area contributed by atoms with Crippen LogP contribution in [0.25, 0.3) is 0 Å². The average molecular weight is 353 g/mol. The van der Waals surface area contributed by atoms with Crippen LogP contribution in [0.1, 0.15) is 20.7 Å². The molecule has 0 unspecified atom stereocenters. The van der Waals surface area contributed by atoms with Gasteiger partial charge in [0.25, 0.3) is 11.8 Å². The van der Waals surface area contributed by atoms with E-state index in [9.17, 15) is 9.59 Å². The van der Waals surface area contributed by atoms with Gasteiger partial charge in [-0.25, -0.2) is 0 Å². The third-order valence-electron chi connectivity index (χ3n) is 3.69. The topological polar surface area (TPSA) is 40.6 Å². The summed E-state index contributed by atoms with van der Waals surface area (Å²) in [6.45, 7) is 2.38. The van der Waals surface area contributed by atoms with E-state index in [2.05, 4.69) is 4.90 Å². The highest BCUT2D eigenvalue weighted by molar-refractivity contribution is 8.22. The number of nitrogens with zero attached hydrogens (tertiary/aromatic N) is 2.